The maximum Gasteiger partial charge on any atom is 0.387 e. The summed E-state index contributed by atoms with van der Waals surface area (Å²) in [4.78, 5) is 37.9. The molecule has 0 radical (unpaired) electrons. The maximum atomic E-state index is 12.6. The normalized spacial score (nSPS) is 18.7. The van der Waals surface area contributed by atoms with E-state index in [0.717, 1.165) is 24.2 Å². The van der Waals surface area contributed by atoms with Gasteiger partial charge in [-0.25, -0.2) is 4.79 Å². The number of urea groups is 1. The summed E-state index contributed by atoms with van der Waals surface area (Å²) in [6.07, 6.45) is 3.94. The third kappa shape index (κ3) is 4.35. The summed E-state index contributed by atoms with van der Waals surface area (Å²) in [5.41, 5.74) is -0.307. The Bertz CT molecular complexity index is 735. The first-order valence-electron chi connectivity index (χ1n) is 8.84. The highest BCUT2D eigenvalue weighted by atomic mass is 19.3. The molecule has 1 aliphatic carbocycles. The fourth-order valence-corrected chi connectivity index (χ4v) is 3.55. The highest BCUT2D eigenvalue weighted by Gasteiger charge is 2.51. The summed E-state index contributed by atoms with van der Waals surface area (Å²) in [5.74, 6) is -0.869. The van der Waals surface area contributed by atoms with Crippen LogP contribution < -0.4 is 15.4 Å². The first-order valence-corrected chi connectivity index (χ1v) is 8.84. The van der Waals surface area contributed by atoms with E-state index in [9.17, 15) is 23.2 Å². The second-order valence-electron chi connectivity index (χ2n) is 6.77. The molecule has 1 heterocycles. The van der Waals surface area contributed by atoms with E-state index >= 15 is 0 Å². The molecule has 0 aromatic heterocycles. The molecule has 3 rings (SSSR count). The second-order valence-corrected chi connectivity index (χ2v) is 6.77. The third-order valence-corrected chi connectivity index (χ3v) is 4.87. The number of nitrogens with one attached hydrogen (secondary N) is 2. The van der Waals surface area contributed by atoms with Gasteiger partial charge in [-0.15, -0.1) is 0 Å². The fourth-order valence-electron chi connectivity index (χ4n) is 3.55. The largest absolute Gasteiger partial charge is 0.435 e. The fraction of sp³-hybridized carbons (Fsp3) is 0.500. The second kappa shape index (κ2) is 7.89. The predicted octanol–water partition coefficient (Wildman–Crippen LogP) is 2.16. The van der Waals surface area contributed by atoms with Crippen molar-refractivity contribution in [2.45, 2.75) is 50.8 Å². The number of carbonyl (C=O) groups is 3. The quantitative estimate of drug-likeness (QED) is 0.740. The minimum atomic E-state index is -2.93. The molecule has 0 bridgehead atoms. The van der Waals surface area contributed by atoms with E-state index in [2.05, 4.69) is 15.4 Å². The lowest BCUT2D eigenvalue weighted by atomic mass is 9.82. The first-order chi connectivity index (χ1) is 12.9. The van der Waals surface area contributed by atoms with Gasteiger partial charge in [-0.2, -0.15) is 8.78 Å². The van der Waals surface area contributed by atoms with Crippen LogP contribution in [0.1, 0.15) is 37.7 Å². The summed E-state index contributed by atoms with van der Waals surface area (Å²) < 4.78 is 28.8. The van der Waals surface area contributed by atoms with E-state index in [1.807, 2.05) is 0 Å². The van der Waals surface area contributed by atoms with E-state index in [0.29, 0.717) is 18.4 Å². The number of hydrogen-bond acceptors (Lipinski definition) is 4. The van der Waals surface area contributed by atoms with Gasteiger partial charge in [0, 0.05) is 6.54 Å². The molecule has 1 saturated carbocycles. The van der Waals surface area contributed by atoms with Crippen molar-refractivity contribution in [2.24, 2.45) is 0 Å². The molecule has 27 heavy (non-hydrogen) atoms. The van der Waals surface area contributed by atoms with Crippen LogP contribution >= 0.6 is 0 Å². The van der Waals surface area contributed by atoms with Crippen LogP contribution in [0.25, 0.3) is 0 Å². The Morgan fingerprint density at radius 2 is 2.00 bits per heavy atom. The van der Waals surface area contributed by atoms with Gasteiger partial charge in [0.1, 0.15) is 17.8 Å². The number of ether oxygens (including phenoxy) is 1. The van der Waals surface area contributed by atoms with Crippen molar-refractivity contribution in [3.05, 3.63) is 29.8 Å². The Kier molecular flexibility index (Phi) is 5.57. The Morgan fingerprint density at radius 1 is 1.26 bits per heavy atom. The number of hydrogen-bond donors (Lipinski definition) is 2. The Hall–Kier alpha value is -2.71. The maximum absolute atomic E-state index is 12.6. The molecule has 1 saturated heterocycles. The van der Waals surface area contributed by atoms with E-state index < -0.39 is 24.1 Å². The molecule has 1 aliphatic heterocycles. The number of nitrogens with zero attached hydrogens (tertiary/aromatic N) is 1. The number of benzene rings is 1. The molecule has 9 heteroatoms. The van der Waals surface area contributed by atoms with Gasteiger partial charge in [0.15, 0.2) is 0 Å². The topological polar surface area (TPSA) is 87.7 Å². The molecule has 2 aliphatic rings. The van der Waals surface area contributed by atoms with Gasteiger partial charge in [-0.3, -0.25) is 14.5 Å². The van der Waals surface area contributed by atoms with Crippen LogP contribution in [0.15, 0.2) is 24.3 Å². The van der Waals surface area contributed by atoms with Gasteiger partial charge in [0.25, 0.3) is 5.91 Å². The van der Waals surface area contributed by atoms with Crippen LogP contribution in [0.2, 0.25) is 0 Å². The number of rotatable bonds is 6. The molecule has 7 nitrogen and oxygen atoms in total. The van der Waals surface area contributed by atoms with Crippen molar-refractivity contribution in [3.63, 3.8) is 0 Å². The zero-order valence-corrected chi connectivity index (χ0v) is 14.7. The summed E-state index contributed by atoms with van der Waals surface area (Å²) in [5, 5.41) is 5.33. The Balaban J connectivity index is 1.55. The van der Waals surface area contributed by atoms with Crippen molar-refractivity contribution in [1.82, 2.24) is 15.5 Å². The van der Waals surface area contributed by atoms with Crippen molar-refractivity contribution >= 4 is 17.8 Å². The highest BCUT2D eigenvalue weighted by Crippen LogP contribution is 2.33. The van der Waals surface area contributed by atoms with Crippen molar-refractivity contribution in [3.8, 4) is 5.75 Å². The number of carbonyl (C=O) groups excluding carboxylic acids is 3. The van der Waals surface area contributed by atoms with E-state index in [4.69, 9.17) is 0 Å². The van der Waals surface area contributed by atoms with Crippen LogP contribution in [0.4, 0.5) is 13.6 Å². The molecule has 1 spiro atoms. The van der Waals surface area contributed by atoms with E-state index in [1.54, 1.807) is 6.07 Å². The van der Waals surface area contributed by atoms with Crippen molar-refractivity contribution in [1.29, 1.82) is 0 Å². The zero-order valence-electron chi connectivity index (χ0n) is 14.7. The van der Waals surface area contributed by atoms with Crippen molar-refractivity contribution in [2.75, 3.05) is 6.54 Å². The predicted molar refractivity (Wildman–Crippen MR) is 91.0 cm³/mol. The SMILES string of the molecule is O=C(CN1C(=O)NC2(CCCCC2)C1=O)NCc1cccc(OC(F)F)c1. The van der Waals surface area contributed by atoms with Crippen LogP contribution in [0.5, 0.6) is 5.75 Å². The number of amides is 4. The van der Waals surface area contributed by atoms with Crippen LogP contribution in [0.3, 0.4) is 0 Å². The molecule has 2 N–H and O–H groups in total. The molecule has 146 valence electrons. The van der Waals surface area contributed by atoms with Gasteiger partial charge in [0.05, 0.1) is 0 Å². The van der Waals surface area contributed by atoms with Gasteiger partial charge < -0.3 is 15.4 Å². The van der Waals surface area contributed by atoms with Crippen LogP contribution in [0, 0.1) is 0 Å². The molecule has 4 amide bonds. The molecule has 1 aromatic rings. The average molecular weight is 381 g/mol. The molecule has 2 fully saturated rings. The number of alkyl halides is 2. The van der Waals surface area contributed by atoms with Crippen molar-refractivity contribution < 1.29 is 27.9 Å². The first kappa shape index (κ1) is 19.1. The molecule has 0 atom stereocenters. The molecule has 0 unspecified atom stereocenters. The summed E-state index contributed by atoms with van der Waals surface area (Å²) >= 11 is 0. The molecular weight excluding hydrogens is 360 g/mol. The molecular formula is C18H21F2N3O4. The Labute approximate surface area is 155 Å². The zero-order chi connectivity index (χ0) is 19.4. The summed E-state index contributed by atoms with van der Waals surface area (Å²) in [6, 6.07) is 5.39. The minimum Gasteiger partial charge on any atom is -0.435 e. The minimum absolute atomic E-state index is 0.00918. The molecule has 1 aromatic carbocycles. The lowest BCUT2D eigenvalue weighted by Crippen LogP contribution is -2.49. The average Bonchev–Trinajstić information content (AvgIpc) is 2.84. The van der Waals surface area contributed by atoms with Gasteiger partial charge in [-0.05, 0) is 30.5 Å². The van der Waals surface area contributed by atoms with Gasteiger partial charge in [-0.1, -0.05) is 31.4 Å². The van der Waals surface area contributed by atoms with E-state index in [1.165, 1.54) is 18.2 Å². The lowest BCUT2D eigenvalue weighted by Gasteiger charge is -2.30. The summed E-state index contributed by atoms with van der Waals surface area (Å²) in [7, 11) is 0. The summed E-state index contributed by atoms with van der Waals surface area (Å²) in [6.45, 7) is -3.24. The Morgan fingerprint density at radius 3 is 2.70 bits per heavy atom. The van der Waals surface area contributed by atoms with Gasteiger partial charge in [0.2, 0.25) is 5.91 Å². The highest BCUT2D eigenvalue weighted by molar-refractivity contribution is 6.09. The lowest BCUT2D eigenvalue weighted by molar-refractivity contribution is -0.135. The number of halogens is 2. The van der Waals surface area contributed by atoms with Gasteiger partial charge >= 0.3 is 12.6 Å². The number of imide groups is 1. The van der Waals surface area contributed by atoms with E-state index in [-0.39, 0.29) is 24.7 Å². The standard InChI is InChI=1S/C18H21F2N3O4/c19-16(20)27-13-6-4-5-12(9-13)10-21-14(24)11-23-15(25)18(22-17(23)26)7-2-1-3-8-18/h4-6,9,16H,1-3,7-8,10-11H2,(H,21,24)(H,22,26). The van der Waals surface area contributed by atoms with Crippen LogP contribution in [-0.4, -0.2) is 41.4 Å². The third-order valence-electron chi connectivity index (χ3n) is 4.87. The van der Waals surface area contributed by atoms with Crippen LogP contribution in [-0.2, 0) is 16.1 Å². The monoisotopic (exact) mass is 381 g/mol. The smallest absolute Gasteiger partial charge is 0.387 e.